The number of aromatic nitrogens is 2. The van der Waals surface area contributed by atoms with E-state index in [4.69, 9.17) is 16.3 Å². The topological polar surface area (TPSA) is 70.2 Å². The third-order valence-corrected chi connectivity index (χ3v) is 5.86. The van der Waals surface area contributed by atoms with Crippen LogP contribution in [0.5, 0.6) is 5.75 Å². The van der Waals surface area contributed by atoms with Crippen LogP contribution >= 0.6 is 11.6 Å². The van der Waals surface area contributed by atoms with Gasteiger partial charge < -0.3 is 15.0 Å². The van der Waals surface area contributed by atoms with Gasteiger partial charge in [-0.3, -0.25) is 9.89 Å². The zero-order chi connectivity index (χ0) is 21.6. The quantitative estimate of drug-likeness (QED) is 0.571. The van der Waals surface area contributed by atoms with Crippen LogP contribution in [-0.4, -0.2) is 42.3 Å². The average Bonchev–Trinajstić information content (AvgIpc) is 3.29. The van der Waals surface area contributed by atoms with Crippen LogP contribution in [-0.2, 0) is 11.2 Å². The standard InChI is InChI=1S/C24H27ClN4O2/c1-31-21-6-2-4-17(14-21)7-12-24(30)26-20-5-3-13-29(16-20)23-15-22(27-28-23)18-8-10-19(25)11-9-18/h2,4,6,8-11,14-15,20H,3,5,7,12-13,16H2,1H3,(H,26,30)(H,27,28)/t20-/m1/s1. The molecule has 3 aromatic rings. The van der Waals surface area contributed by atoms with E-state index in [0.717, 1.165) is 54.3 Å². The summed E-state index contributed by atoms with van der Waals surface area (Å²) in [4.78, 5) is 14.7. The first-order valence-corrected chi connectivity index (χ1v) is 11.0. The second-order valence-corrected chi connectivity index (χ2v) is 8.29. The van der Waals surface area contributed by atoms with Crippen molar-refractivity contribution in [1.82, 2.24) is 15.5 Å². The summed E-state index contributed by atoms with van der Waals surface area (Å²) in [5, 5.41) is 11.5. The van der Waals surface area contributed by atoms with Gasteiger partial charge in [-0.2, -0.15) is 5.10 Å². The number of nitrogens with zero attached hydrogens (tertiary/aromatic N) is 2. The van der Waals surface area contributed by atoms with Gasteiger partial charge in [-0.05, 0) is 54.7 Å². The molecule has 2 aromatic carbocycles. The predicted octanol–water partition coefficient (Wildman–Crippen LogP) is 4.46. The molecule has 0 unspecified atom stereocenters. The molecule has 162 valence electrons. The molecule has 1 aliphatic rings. The number of carbonyl (C=O) groups is 1. The van der Waals surface area contributed by atoms with Crippen molar-refractivity contribution in [3.8, 4) is 17.0 Å². The first-order chi connectivity index (χ1) is 15.1. The van der Waals surface area contributed by atoms with Gasteiger partial charge in [-0.1, -0.05) is 35.9 Å². The van der Waals surface area contributed by atoms with E-state index < -0.39 is 0 Å². The highest BCUT2D eigenvalue weighted by atomic mass is 35.5. The van der Waals surface area contributed by atoms with Gasteiger partial charge in [-0.15, -0.1) is 0 Å². The maximum Gasteiger partial charge on any atom is 0.220 e. The molecule has 0 aliphatic carbocycles. The van der Waals surface area contributed by atoms with Gasteiger partial charge in [0.1, 0.15) is 5.75 Å². The number of H-pyrrole nitrogens is 1. The number of hydrogen-bond donors (Lipinski definition) is 2. The summed E-state index contributed by atoms with van der Waals surface area (Å²) in [6.45, 7) is 1.69. The van der Waals surface area contributed by atoms with E-state index in [0.29, 0.717) is 17.9 Å². The number of rotatable bonds is 7. The van der Waals surface area contributed by atoms with Gasteiger partial charge in [0.25, 0.3) is 0 Å². The molecule has 1 aliphatic heterocycles. The van der Waals surface area contributed by atoms with E-state index in [-0.39, 0.29) is 11.9 Å². The van der Waals surface area contributed by atoms with Crippen molar-refractivity contribution < 1.29 is 9.53 Å². The fraction of sp³-hybridized carbons (Fsp3) is 0.333. The van der Waals surface area contributed by atoms with E-state index >= 15 is 0 Å². The summed E-state index contributed by atoms with van der Waals surface area (Å²) in [5.74, 6) is 1.80. The van der Waals surface area contributed by atoms with E-state index in [1.54, 1.807) is 7.11 Å². The lowest BCUT2D eigenvalue weighted by molar-refractivity contribution is -0.121. The number of ether oxygens (including phenoxy) is 1. The van der Waals surface area contributed by atoms with Crippen LogP contribution in [0.2, 0.25) is 5.02 Å². The molecular formula is C24H27ClN4O2. The highest BCUT2D eigenvalue weighted by Gasteiger charge is 2.23. The van der Waals surface area contributed by atoms with Crippen molar-refractivity contribution in [2.24, 2.45) is 0 Å². The number of aryl methyl sites for hydroxylation is 1. The van der Waals surface area contributed by atoms with Crippen LogP contribution < -0.4 is 15.0 Å². The number of methoxy groups -OCH3 is 1. The molecule has 1 saturated heterocycles. The molecule has 31 heavy (non-hydrogen) atoms. The first-order valence-electron chi connectivity index (χ1n) is 10.6. The number of benzene rings is 2. The summed E-state index contributed by atoms with van der Waals surface area (Å²) in [6.07, 6.45) is 3.16. The Morgan fingerprint density at radius 3 is 2.90 bits per heavy atom. The Bertz CT molecular complexity index is 1020. The van der Waals surface area contributed by atoms with Crippen molar-refractivity contribution in [2.45, 2.75) is 31.7 Å². The fourth-order valence-electron chi connectivity index (χ4n) is 3.94. The van der Waals surface area contributed by atoms with Crippen LogP contribution in [0.25, 0.3) is 11.3 Å². The highest BCUT2D eigenvalue weighted by Crippen LogP contribution is 2.25. The smallest absolute Gasteiger partial charge is 0.220 e. The lowest BCUT2D eigenvalue weighted by Gasteiger charge is -2.33. The summed E-state index contributed by atoms with van der Waals surface area (Å²) >= 11 is 5.98. The molecule has 2 N–H and O–H groups in total. The van der Waals surface area contributed by atoms with Crippen molar-refractivity contribution in [3.05, 3.63) is 65.2 Å². The second kappa shape index (κ2) is 9.88. The largest absolute Gasteiger partial charge is 0.497 e. The minimum absolute atomic E-state index is 0.0820. The number of hydrogen-bond acceptors (Lipinski definition) is 4. The Morgan fingerprint density at radius 2 is 2.10 bits per heavy atom. The van der Waals surface area contributed by atoms with E-state index in [2.05, 4.69) is 26.5 Å². The van der Waals surface area contributed by atoms with E-state index in [1.807, 2.05) is 48.5 Å². The molecule has 0 radical (unpaired) electrons. The SMILES string of the molecule is COc1cccc(CCC(=O)N[C@@H]2CCCN(c3cc(-c4ccc(Cl)cc4)[nH]n3)C2)c1. The second-order valence-electron chi connectivity index (χ2n) is 7.85. The highest BCUT2D eigenvalue weighted by molar-refractivity contribution is 6.30. The molecule has 0 bridgehead atoms. The summed E-state index contributed by atoms with van der Waals surface area (Å²) in [5.41, 5.74) is 3.10. The number of carbonyl (C=O) groups excluding carboxylic acids is 1. The third kappa shape index (κ3) is 5.58. The van der Waals surface area contributed by atoms with Crippen LogP contribution in [0.4, 0.5) is 5.82 Å². The molecule has 1 atom stereocenters. The van der Waals surface area contributed by atoms with Gasteiger partial charge in [0, 0.05) is 36.6 Å². The zero-order valence-corrected chi connectivity index (χ0v) is 18.4. The Balaban J connectivity index is 1.31. The zero-order valence-electron chi connectivity index (χ0n) is 17.6. The number of aromatic amines is 1. The van der Waals surface area contributed by atoms with Crippen LogP contribution in [0.3, 0.4) is 0 Å². The Morgan fingerprint density at radius 1 is 1.26 bits per heavy atom. The van der Waals surface area contributed by atoms with Gasteiger partial charge in [0.15, 0.2) is 5.82 Å². The van der Waals surface area contributed by atoms with Crippen molar-refractivity contribution >= 4 is 23.3 Å². The summed E-state index contributed by atoms with van der Waals surface area (Å²) in [6, 6.07) is 17.7. The van der Waals surface area contributed by atoms with Crippen LogP contribution in [0.1, 0.15) is 24.8 Å². The Kier molecular flexibility index (Phi) is 6.77. The molecule has 2 heterocycles. The van der Waals surface area contributed by atoms with Crippen molar-refractivity contribution in [2.75, 3.05) is 25.1 Å². The Labute approximate surface area is 187 Å². The molecule has 1 aromatic heterocycles. The average molecular weight is 439 g/mol. The van der Waals surface area contributed by atoms with Gasteiger partial charge in [0.05, 0.1) is 12.8 Å². The van der Waals surface area contributed by atoms with Crippen molar-refractivity contribution in [1.29, 1.82) is 0 Å². The minimum atomic E-state index is 0.0820. The fourth-order valence-corrected chi connectivity index (χ4v) is 4.07. The lowest BCUT2D eigenvalue weighted by atomic mass is 10.0. The number of nitrogens with one attached hydrogen (secondary N) is 2. The van der Waals surface area contributed by atoms with Gasteiger partial charge >= 0.3 is 0 Å². The summed E-state index contributed by atoms with van der Waals surface area (Å²) < 4.78 is 5.25. The normalized spacial score (nSPS) is 16.2. The third-order valence-electron chi connectivity index (χ3n) is 5.60. The molecule has 1 amide bonds. The first kappa shape index (κ1) is 21.2. The number of halogens is 1. The van der Waals surface area contributed by atoms with E-state index in [9.17, 15) is 4.79 Å². The predicted molar refractivity (Wildman–Crippen MR) is 124 cm³/mol. The van der Waals surface area contributed by atoms with E-state index in [1.165, 1.54) is 0 Å². The molecule has 0 saturated carbocycles. The summed E-state index contributed by atoms with van der Waals surface area (Å²) in [7, 11) is 1.65. The molecule has 6 nitrogen and oxygen atoms in total. The maximum atomic E-state index is 12.5. The minimum Gasteiger partial charge on any atom is -0.497 e. The lowest BCUT2D eigenvalue weighted by Crippen LogP contribution is -2.48. The van der Waals surface area contributed by atoms with Gasteiger partial charge in [-0.25, -0.2) is 0 Å². The Hall–Kier alpha value is -2.99. The molecule has 4 rings (SSSR count). The number of piperidine rings is 1. The van der Waals surface area contributed by atoms with Crippen LogP contribution in [0.15, 0.2) is 54.6 Å². The molecule has 0 spiro atoms. The van der Waals surface area contributed by atoms with Crippen LogP contribution in [0, 0.1) is 0 Å². The molecule has 7 heteroatoms. The van der Waals surface area contributed by atoms with Crippen molar-refractivity contribution in [3.63, 3.8) is 0 Å². The monoisotopic (exact) mass is 438 g/mol. The molecule has 1 fully saturated rings. The number of anilines is 1. The maximum absolute atomic E-state index is 12.5. The number of amides is 1. The van der Waals surface area contributed by atoms with Gasteiger partial charge in [0.2, 0.25) is 5.91 Å². The molecular weight excluding hydrogens is 412 g/mol.